The Morgan fingerprint density at radius 2 is 1.84 bits per heavy atom. The quantitative estimate of drug-likeness (QED) is 0.338. The normalized spacial score (nSPS) is 26.4. The highest BCUT2D eigenvalue weighted by atomic mass is 35.5. The molecule has 0 amide bonds. The molecule has 1 fully saturated rings. The molecule has 3 aromatic rings. The van der Waals surface area contributed by atoms with E-state index >= 15 is 0 Å². The van der Waals surface area contributed by atoms with Crippen molar-refractivity contribution in [2.75, 3.05) is 13.7 Å². The van der Waals surface area contributed by atoms with Gasteiger partial charge in [-0.1, -0.05) is 11.6 Å². The Labute approximate surface area is 180 Å². The van der Waals surface area contributed by atoms with E-state index in [1.165, 1.54) is 7.11 Å². The maximum Gasteiger partial charge on any atom is 0.344 e. The van der Waals surface area contributed by atoms with E-state index < -0.39 is 42.9 Å². The van der Waals surface area contributed by atoms with Crippen molar-refractivity contribution < 1.29 is 39.1 Å². The van der Waals surface area contributed by atoms with Gasteiger partial charge in [-0.25, -0.2) is 4.79 Å². The SMILES string of the molecule is COc1ccc2c(c1)c(=O)oc1c(Cl)c(O[C@@H]3O[C@H](CO)[C@@H](O)[C@H](O)[C@H]3O)cc(C)c12. The van der Waals surface area contributed by atoms with Crippen LogP contribution in [-0.2, 0) is 4.74 Å². The number of halogens is 1. The van der Waals surface area contributed by atoms with Gasteiger partial charge in [0.2, 0.25) is 6.29 Å². The van der Waals surface area contributed by atoms with Crippen molar-refractivity contribution in [2.24, 2.45) is 0 Å². The van der Waals surface area contributed by atoms with Gasteiger partial charge in [-0.15, -0.1) is 0 Å². The van der Waals surface area contributed by atoms with Crippen LogP contribution in [0.1, 0.15) is 5.56 Å². The highest BCUT2D eigenvalue weighted by Crippen LogP contribution is 2.39. The minimum Gasteiger partial charge on any atom is -0.497 e. The second-order valence-corrected chi connectivity index (χ2v) is 7.70. The van der Waals surface area contributed by atoms with Gasteiger partial charge < -0.3 is 39.1 Å². The molecule has 0 saturated carbocycles. The van der Waals surface area contributed by atoms with Gasteiger partial charge in [0, 0.05) is 10.8 Å². The molecule has 1 aliphatic heterocycles. The summed E-state index contributed by atoms with van der Waals surface area (Å²) in [5, 5.41) is 41.0. The zero-order chi connectivity index (χ0) is 22.4. The van der Waals surface area contributed by atoms with Crippen molar-refractivity contribution in [3.05, 3.63) is 45.3 Å². The number of aryl methyl sites for hydroxylation is 1. The fourth-order valence-corrected chi connectivity index (χ4v) is 3.96. The molecule has 0 aliphatic carbocycles. The van der Waals surface area contributed by atoms with Gasteiger partial charge in [0.15, 0.2) is 5.58 Å². The molecule has 0 radical (unpaired) electrons. The minimum absolute atomic E-state index is 0.0343. The molecule has 166 valence electrons. The van der Waals surface area contributed by atoms with Crippen molar-refractivity contribution in [3.63, 3.8) is 0 Å². The van der Waals surface area contributed by atoms with E-state index in [2.05, 4.69) is 0 Å². The molecule has 2 aromatic carbocycles. The number of aliphatic hydroxyl groups excluding tert-OH is 4. The first-order valence-electron chi connectivity index (χ1n) is 9.47. The average molecular weight is 453 g/mol. The lowest BCUT2D eigenvalue weighted by Gasteiger charge is -2.39. The third kappa shape index (κ3) is 3.63. The van der Waals surface area contributed by atoms with Crippen molar-refractivity contribution in [1.82, 2.24) is 0 Å². The largest absolute Gasteiger partial charge is 0.497 e. The molecule has 4 N–H and O–H groups in total. The number of benzene rings is 2. The maximum absolute atomic E-state index is 12.6. The molecule has 0 spiro atoms. The maximum atomic E-state index is 12.6. The second kappa shape index (κ2) is 8.27. The lowest BCUT2D eigenvalue weighted by molar-refractivity contribution is -0.277. The number of methoxy groups -OCH3 is 1. The molecule has 0 unspecified atom stereocenters. The Hall–Kier alpha value is -2.40. The van der Waals surface area contributed by atoms with Crippen molar-refractivity contribution in [2.45, 2.75) is 37.6 Å². The number of rotatable bonds is 4. The Kier molecular flexibility index (Phi) is 5.82. The van der Waals surface area contributed by atoms with Crippen LogP contribution in [0.3, 0.4) is 0 Å². The van der Waals surface area contributed by atoms with Crippen molar-refractivity contribution >= 4 is 33.3 Å². The summed E-state index contributed by atoms with van der Waals surface area (Å²) in [6.45, 7) is 1.17. The monoisotopic (exact) mass is 452 g/mol. The summed E-state index contributed by atoms with van der Waals surface area (Å²) < 4.78 is 21.7. The van der Waals surface area contributed by atoms with E-state index in [0.29, 0.717) is 27.5 Å². The molecule has 9 nitrogen and oxygen atoms in total. The van der Waals surface area contributed by atoms with Crippen LogP contribution in [0, 0.1) is 6.92 Å². The van der Waals surface area contributed by atoms with Crippen LogP contribution < -0.4 is 15.1 Å². The zero-order valence-electron chi connectivity index (χ0n) is 16.6. The van der Waals surface area contributed by atoms with E-state index in [-0.39, 0.29) is 16.4 Å². The zero-order valence-corrected chi connectivity index (χ0v) is 17.4. The van der Waals surface area contributed by atoms with Gasteiger partial charge >= 0.3 is 5.63 Å². The first kappa shape index (κ1) is 21.8. The van der Waals surface area contributed by atoms with E-state index in [4.69, 9.17) is 30.2 Å². The van der Waals surface area contributed by atoms with Gasteiger partial charge in [0.25, 0.3) is 0 Å². The number of aliphatic hydroxyl groups is 4. The number of fused-ring (bicyclic) bond motifs is 3. The van der Waals surface area contributed by atoms with Crippen LogP contribution in [0.2, 0.25) is 5.02 Å². The van der Waals surface area contributed by atoms with Crippen molar-refractivity contribution in [3.8, 4) is 11.5 Å². The van der Waals surface area contributed by atoms with Gasteiger partial charge in [0.1, 0.15) is 40.9 Å². The summed E-state index contributed by atoms with van der Waals surface area (Å²) in [7, 11) is 1.49. The Morgan fingerprint density at radius 3 is 2.52 bits per heavy atom. The molecule has 1 aliphatic rings. The smallest absolute Gasteiger partial charge is 0.344 e. The minimum atomic E-state index is -1.61. The van der Waals surface area contributed by atoms with Gasteiger partial charge in [-0.05, 0) is 36.8 Å². The van der Waals surface area contributed by atoms with Crippen LogP contribution >= 0.6 is 11.6 Å². The molecule has 31 heavy (non-hydrogen) atoms. The second-order valence-electron chi connectivity index (χ2n) is 7.33. The standard InChI is InChI=1S/C21H21ClO9/c1-8-5-12(29-21-18(26)17(25)16(24)13(7-23)30-21)15(22)19-14(8)10-4-3-9(28-2)6-11(10)20(27)31-19/h3-6,13,16-18,21,23-26H,7H2,1-2H3/t13-,16-,17+,18-,21-/m1/s1. The van der Waals surface area contributed by atoms with Crippen LogP contribution in [0.15, 0.2) is 33.5 Å². The summed E-state index contributed by atoms with van der Waals surface area (Å²) in [5.41, 5.74) is 0.134. The lowest BCUT2D eigenvalue weighted by Crippen LogP contribution is -2.60. The van der Waals surface area contributed by atoms with E-state index in [0.717, 1.165) is 0 Å². The Bertz CT molecular complexity index is 1190. The van der Waals surface area contributed by atoms with Crippen LogP contribution in [0.4, 0.5) is 0 Å². The van der Waals surface area contributed by atoms with Gasteiger partial charge in [-0.2, -0.15) is 0 Å². The molecule has 1 saturated heterocycles. The van der Waals surface area contributed by atoms with Crippen molar-refractivity contribution in [1.29, 1.82) is 0 Å². The molecule has 5 atom stereocenters. The third-order valence-corrected chi connectivity index (χ3v) is 5.74. The summed E-state index contributed by atoms with van der Waals surface area (Å²) in [6, 6.07) is 6.60. The summed E-state index contributed by atoms with van der Waals surface area (Å²) in [6.07, 6.45) is -7.30. The predicted molar refractivity (Wildman–Crippen MR) is 111 cm³/mol. The summed E-state index contributed by atoms with van der Waals surface area (Å²) in [4.78, 5) is 12.6. The summed E-state index contributed by atoms with van der Waals surface area (Å²) >= 11 is 6.47. The molecule has 2 heterocycles. The molecule has 10 heteroatoms. The van der Waals surface area contributed by atoms with E-state index in [1.807, 2.05) is 0 Å². The van der Waals surface area contributed by atoms with E-state index in [1.54, 1.807) is 31.2 Å². The van der Waals surface area contributed by atoms with E-state index in [9.17, 15) is 25.2 Å². The third-order valence-electron chi connectivity index (χ3n) is 5.39. The van der Waals surface area contributed by atoms with Crippen LogP contribution in [-0.4, -0.2) is 64.8 Å². The molecule has 1 aromatic heterocycles. The fraction of sp³-hybridized carbons (Fsp3) is 0.381. The Morgan fingerprint density at radius 1 is 1.10 bits per heavy atom. The van der Waals surface area contributed by atoms with Crippen LogP contribution in [0.5, 0.6) is 11.5 Å². The molecular weight excluding hydrogens is 432 g/mol. The molecule has 4 rings (SSSR count). The molecular formula is C21H21ClO9. The Balaban J connectivity index is 1.81. The first-order chi connectivity index (χ1) is 14.8. The highest BCUT2D eigenvalue weighted by Gasteiger charge is 2.45. The fourth-order valence-electron chi connectivity index (χ4n) is 3.72. The highest BCUT2D eigenvalue weighted by molar-refractivity contribution is 6.37. The van der Waals surface area contributed by atoms with Gasteiger partial charge in [-0.3, -0.25) is 0 Å². The molecule has 0 bridgehead atoms. The average Bonchev–Trinajstić information content (AvgIpc) is 2.77. The van der Waals surface area contributed by atoms with Gasteiger partial charge in [0.05, 0.1) is 19.1 Å². The number of ether oxygens (including phenoxy) is 3. The van der Waals surface area contributed by atoms with Crippen LogP contribution in [0.25, 0.3) is 21.7 Å². The predicted octanol–water partition coefficient (Wildman–Crippen LogP) is 1.10. The number of hydrogen-bond acceptors (Lipinski definition) is 9. The topological polar surface area (TPSA) is 139 Å². The summed E-state index contributed by atoms with van der Waals surface area (Å²) in [5.74, 6) is 0.539. The first-order valence-corrected chi connectivity index (χ1v) is 9.85. The number of hydrogen-bond donors (Lipinski definition) is 4. The lowest BCUT2D eigenvalue weighted by atomic mass is 9.99.